The Labute approximate surface area is 118 Å². The monoisotopic (exact) mass is 282 g/mol. The molecule has 0 aromatic heterocycles. The Bertz CT molecular complexity index is 465. The van der Waals surface area contributed by atoms with Gasteiger partial charge in [0.25, 0.3) is 5.91 Å². The number of benzene rings is 1. The van der Waals surface area contributed by atoms with E-state index >= 15 is 0 Å². The van der Waals surface area contributed by atoms with Crippen molar-refractivity contribution < 1.29 is 9.53 Å². The van der Waals surface area contributed by atoms with Crippen molar-refractivity contribution in [2.75, 3.05) is 13.2 Å². The maximum atomic E-state index is 11.3. The van der Waals surface area contributed by atoms with Crippen LogP contribution in [0.3, 0.4) is 0 Å². The number of hydrogen-bond donors (Lipinski definition) is 2. The SMILES string of the molecule is NCC1CCCC1COc1cc(Cl)ccc1C(N)=O. The number of halogens is 1. The van der Waals surface area contributed by atoms with Gasteiger partial charge in [-0.25, -0.2) is 0 Å². The molecule has 1 aromatic carbocycles. The number of carbonyl (C=O) groups is 1. The number of nitrogens with two attached hydrogens (primary N) is 2. The van der Waals surface area contributed by atoms with E-state index in [0.717, 1.165) is 12.8 Å². The molecule has 1 aliphatic rings. The number of rotatable bonds is 5. The Morgan fingerprint density at radius 2 is 2.11 bits per heavy atom. The lowest BCUT2D eigenvalue weighted by atomic mass is 9.97. The first-order valence-electron chi connectivity index (χ1n) is 6.54. The summed E-state index contributed by atoms with van der Waals surface area (Å²) in [7, 11) is 0. The molecule has 0 spiro atoms. The summed E-state index contributed by atoms with van der Waals surface area (Å²) in [5.41, 5.74) is 11.4. The highest BCUT2D eigenvalue weighted by Crippen LogP contribution is 2.32. The van der Waals surface area contributed by atoms with Crippen molar-refractivity contribution in [2.24, 2.45) is 23.3 Å². The van der Waals surface area contributed by atoms with Crippen molar-refractivity contribution in [1.29, 1.82) is 0 Å². The summed E-state index contributed by atoms with van der Waals surface area (Å²) < 4.78 is 5.75. The Morgan fingerprint density at radius 3 is 2.79 bits per heavy atom. The van der Waals surface area contributed by atoms with Gasteiger partial charge in [0.2, 0.25) is 0 Å². The molecule has 4 N–H and O–H groups in total. The Kier molecular flexibility index (Phi) is 4.66. The predicted molar refractivity (Wildman–Crippen MR) is 75.4 cm³/mol. The number of carbonyl (C=O) groups excluding carboxylic acids is 1. The van der Waals surface area contributed by atoms with Crippen LogP contribution in [0.25, 0.3) is 0 Å². The van der Waals surface area contributed by atoms with Crippen LogP contribution in [0, 0.1) is 11.8 Å². The Balaban J connectivity index is 2.06. The van der Waals surface area contributed by atoms with E-state index in [1.165, 1.54) is 6.42 Å². The topological polar surface area (TPSA) is 78.3 Å². The van der Waals surface area contributed by atoms with Gasteiger partial charge in [0.15, 0.2) is 0 Å². The van der Waals surface area contributed by atoms with Gasteiger partial charge in [-0.2, -0.15) is 0 Å². The van der Waals surface area contributed by atoms with Gasteiger partial charge in [0.1, 0.15) is 5.75 Å². The van der Waals surface area contributed by atoms with E-state index in [4.69, 9.17) is 27.8 Å². The van der Waals surface area contributed by atoms with Crippen LogP contribution in [0.2, 0.25) is 5.02 Å². The van der Waals surface area contributed by atoms with Gasteiger partial charge in [0, 0.05) is 5.02 Å². The molecule has 0 aliphatic heterocycles. The van der Waals surface area contributed by atoms with Crippen LogP contribution >= 0.6 is 11.6 Å². The fraction of sp³-hybridized carbons (Fsp3) is 0.500. The van der Waals surface area contributed by atoms with Crippen LogP contribution in [0.4, 0.5) is 0 Å². The zero-order valence-corrected chi connectivity index (χ0v) is 11.5. The van der Waals surface area contributed by atoms with E-state index in [1.54, 1.807) is 18.2 Å². The van der Waals surface area contributed by atoms with Crippen molar-refractivity contribution in [3.63, 3.8) is 0 Å². The third kappa shape index (κ3) is 3.39. The lowest BCUT2D eigenvalue weighted by Crippen LogP contribution is -2.24. The molecular weight excluding hydrogens is 264 g/mol. The largest absolute Gasteiger partial charge is 0.492 e. The summed E-state index contributed by atoms with van der Waals surface area (Å²) in [4.78, 5) is 11.3. The maximum Gasteiger partial charge on any atom is 0.252 e. The number of amides is 1. The molecule has 0 saturated heterocycles. The second kappa shape index (κ2) is 6.26. The highest BCUT2D eigenvalue weighted by Gasteiger charge is 2.27. The van der Waals surface area contributed by atoms with Crippen LogP contribution in [0.15, 0.2) is 18.2 Å². The summed E-state index contributed by atoms with van der Waals surface area (Å²) in [6.07, 6.45) is 3.46. The third-order valence-electron chi connectivity index (χ3n) is 3.78. The molecule has 4 nitrogen and oxygen atoms in total. The van der Waals surface area contributed by atoms with E-state index in [2.05, 4.69) is 0 Å². The average Bonchev–Trinajstić information content (AvgIpc) is 2.83. The number of hydrogen-bond acceptors (Lipinski definition) is 3. The van der Waals surface area contributed by atoms with Crippen LogP contribution in [-0.2, 0) is 0 Å². The lowest BCUT2D eigenvalue weighted by Gasteiger charge is -2.19. The number of primary amides is 1. The van der Waals surface area contributed by atoms with Crippen molar-refractivity contribution in [2.45, 2.75) is 19.3 Å². The van der Waals surface area contributed by atoms with Crippen molar-refractivity contribution >= 4 is 17.5 Å². The quantitative estimate of drug-likeness (QED) is 0.869. The highest BCUT2D eigenvalue weighted by atomic mass is 35.5. The van der Waals surface area contributed by atoms with Crippen molar-refractivity contribution in [3.8, 4) is 5.75 Å². The summed E-state index contributed by atoms with van der Waals surface area (Å²) in [6, 6.07) is 4.86. The molecule has 1 saturated carbocycles. The third-order valence-corrected chi connectivity index (χ3v) is 4.02. The molecule has 2 atom stereocenters. The molecule has 1 fully saturated rings. The molecule has 2 unspecified atom stereocenters. The average molecular weight is 283 g/mol. The minimum absolute atomic E-state index is 0.367. The highest BCUT2D eigenvalue weighted by molar-refractivity contribution is 6.30. The van der Waals surface area contributed by atoms with Gasteiger partial charge in [-0.1, -0.05) is 18.0 Å². The van der Waals surface area contributed by atoms with E-state index in [-0.39, 0.29) is 0 Å². The van der Waals surface area contributed by atoms with Gasteiger partial charge in [-0.15, -0.1) is 0 Å². The molecule has 0 bridgehead atoms. The minimum Gasteiger partial charge on any atom is -0.492 e. The molecule has 2 rings (SSSR count). The summed E-state index contributed by atoms with van der Waals surface area (Å²) >= 11 is 5.92. The second-order valence-corrected chi connectivity index (χ2v) is 5.44. The van der Waals surface area contributed by atoms with Crippen LogP contribution in [0.1, 0.15) is 29.6 Å². The first-order valence-corrected chi connectivity index (χ1v) is 6.92. The molecule has 0 radical (unpaired) electrons. The zero-order valence-electron chi connectivity index (χ0n) is 10.8. The van der Waals surface area contributed by atoms with E-state index in [0.29, 0.717) is 41.3 Å². The molecule has 0 heterocycles. The number of ether oxygens (including phenoxy) is 1. The standard InChI is InChI=1S/C14H19ClN2O2/c15-11-4-5-12(14(17)18)13(6-11)19-8-10-3-1-2-9(10)7-16/h4-6,9-10H,1-3,7-8,16H2,(H2,17,18). The molecular formula is C14H19ClN2O2. The fourth-order valence-corrected chi connectivity index (χ4v) is 2.82. The van der Waals surface area contributed by atoms with Crippen LogP contribution in [-0.4, -0.2) is 19.1 Å². The van der Waals surface area contributed by atoms with Crippen molar-refractivity contribution in [3.05, 3.63) is 28.8 Å². The summed E-state index contributed by atoms with van der Waals surface area (Å²) in [5, 5.41) is 0.529. The van der Waals surface area contributed by atoms with Crippen molar-refractivity contribution in [1.82, 2.24) is 0 Å². The predicted octanol–water partition coefficient (Wildman–Crippen LogP) is 2.19. The van der Waals surface area contributed by atoms with Gasteiger partial charge in [0.05, 0.1) is 12.2 Å². The lowest BCUT2D eigenvalue weighted by molar-refractivity contribution is 0.0994. The smallest absolute Gasteiger partial charge is 0.252 e. The zero-order chi connectivity index (χ0) is 13.8. The molecule has 104 valence electrons. The Morgan fingerprint density at radius 1 is 1.37 bits per heavy atom. The Hall–Kier alpha value is -1.26. The van der Waals surface area contributed by atoms with Gasteiger partial charge >= 0.3 is 0 Å². The summed E-state index contributed by atoms with van der Waals surface area (Å²) in [5.74, 6) is 0.914. The van der Waals surface area contributed by atoms with E-state index in [9.17, 15) is 4.79 Å². The molecule has 1 aliphatic carbocycles. The first-order chi connectivity index (χ1) is 9.11. The molecule has 5 heteroatoms. The minimum atomic E-state index is -0.506. The molecule has 19 heavy (non-hydrogen) atoms. The fourth-order valence-electron chi connectivity index (χ4n) is 2.66. The maximum absolute atomic E-state index is 11.3. The van der Waals surface area contributed by atoms with E-state index in [1.807, 2.05) is 0 Å². The van der Waals surface area contributed by atoms with Gasteiger partial charge in [-0.3, -0.25) is 4.79 Å². The van der Waals surface area contributed by atoms with Gasteiger partial charge in [-0.05, 0) is 49.4 Å². The summed E-state index contributed by atoms with van der Waals surface area (Å²) in [6.45, 7) is 1.24. The van der Waals surface area contributed by atoms with E-state index < -0.39 is 5.91 Å². The molecule has 1 aromatic rings. The first kappa shape index (κ1) is 14.2. The normalized spacial score (nSPS) is 22.4. The van der Waals surface area contributed by atoms with Crippen LogP contribution < -0.4 is 16.2 Å². The second-order valence-electron chi connectivity index (χ2n) is 5.00. The van der Waals surface area contributed by atoms with Gasteiger partial charge < -0.3 is 16.2 Å². The van der Waals surface area contributed by atoms with Crippen LogP contribution in [0.5, 0.6) is 5.75 Å². The molecule has 1 amide bonds.